The van der Waals surface area contributed by atoms with E-state index in [9.17, 15) is 0 Å². The second kappa shape index (κ2) is 3.51. The Morgan fingerprint density at radius 2 is 2.00 bits per heavy atom. The smallest absolute Gasteiger partial charge is 0.155 e. The van der Waals surface area contributed by atoms with Crippen molar-refractivity contribution in [2.75, 3.05) is 5.32 Å². The molecule has 1 N–H and O–H groups in total. The molecule has 0 amide bonds. The predicted octanol–water partition coefficient (Wildman–Crippen LogP) is 1.67. The summed E-state index contributed by atoms with van der Waals surface area (Å²) in [5.41, 5.74) is 0.729. The van der Waals surface area contributed by atoms with Gasteiger partial charge in [0.2, 0.25) is 0 Å². The molecule has 0 aliphatic carbocycles. The molecular weight excluding hydrogens is 138 g/mol. The molecule has 0 saturated carbocycles. The van der Waals surface area contributed by atoms with Gasteiger partial charge in [-0.15, -0.1) is 0 Å². The summed E-state index contributed by atoms with van der Waals surface area (Å²) in [6.07, 6.45) is 6.42. The van der Waals surface area contributed by atoms with Gasteiger partial charge in [-0.2, -0.15) is 0 Å². The normalized spacial score (nSPS) is 8.73. The summed E-state index contributed by atoms with van der Waals surface area (Å²) in [5, 5.41) is 2.85. The first-order valence-electron chi connectivity index (χ1n) is 3.19. The van der Waals surface area contributed by atoms with E-state index in [1.807, 2.05) is 0 Å². The fourth-order valence-corrected chi connectivity index (χ4v) is 0.706. The van der Waals surface area contributed by atoms with Crippen LogP contribution >= 0.6 is 0 Å². The first-order chi connectivity index (χ1) is 5.38. The Balaban J connectivity index is 3.01. The molecule has 0 fully saturated rings. The van der Waals surface area contributed by atoms with Crippen molar-refractivity contribution in [2.45, 2.75) is 0 Å². The number of hydrogen-bond donors (Lipinski definition) is 1. The highest BCUT2D eigenvalue weighted by molar-refractivity contribution is 5.58. The lowest BCUT2D eigenvalue weighted by Gasteiger charge is -2.00. The first-order valence-corrected chi connectivity index (χ1v) is 3.19. The number of aromatic nitrogens is 2. The maximum atomic E-state index is 4.02. The Bertz CT molecular complexity index is 268. The van der Waals surface area contributed by atoms with Crippen LogP contribution in [-0.2, 0) is 0 Å². The minimum Gasteiger partial charge on any atom is -0.345 e. The molecule has 1 aromatic rings. The molecule has 0 atom stereocenters. The molecule has 0 aliphatic heterocycles. The van der Waals surface area contributed by atoms with E-state index in [-0.39, 0.29) is 0 Å². The Morgan fingerprint density at radius 1 is 1.27 bits per heavy atom. The van der Waals surface area contributed by atoms with Gasteiger partial charge < -0.3 is 5.32 Å². The Morgan fingerprint density at radius 3 is 2.64 bits per heavy atom. The third kappa shape index (κ3) is 1.64. The lowest BCUT2D eigenvalue weighted by molar-refractivity contribution is 1.18. The van der Waals surface area contributed by atoms with Gasteiger partial charge in [-0.05, 0) is 12.3 Å². The maximum Gasteiger partial charge on any atom is 0.155 e. The molecule has 11 heavy (non-hydrogen) atoms. The molecule has 0 aliphatic rings. The van der Waals surface area contributed by atoms with Gasteiger partial charge in [0.25, 0.3) is 0 Å². The number of hydrogen-bond acceptors (Lipinski definition) is 3. The van der Waals surface area contributed by atoms with E-state index < -0.39 is 0 Å². The van der Waals surface area contributed by atoms with Gasteiger partial charge in [-0.3, -0.25) is 4.98 Å². The second-order valence-electron chi connectivity index (χ2n) is 1.84. The summed E-state index contributed by atoms with van der Waals surface area (Å²) >= 11 is 0. The van der Waals surface area contributed by atoms with Gasteiger partial charge in [0.05, 0.1) is 0 Å². The topological polar surface area (TPSA) is 37.8 Å². The van der Waals surface area contributed by atoms with Gasteiger partial charge in [-0.25, -0.2) is 4.98 Å². The average molecular weight is 147 g/mol. The first kappa shape index (κ1) is 7.47. The quantitative estimate of drug-likeness (QED) is 0.706. The summed E-state index contributed by atoms with van der Waals surface area (Å²) < 4.78 is 0. The minimum atomic E-state index is 0.678. The molecule has 1 heterocycles. The zero-order valence-corrected chi connectivity index (χ0v) is 6.12. The number of nitrogens with zero attached hydrogens (tertiary/aromatic N) is 2. The Labute approximate surface area is 65.5 Å². The Kier molecular flexibility index (Phi) is 2.38. The van der Waals surface area contributed by atoms with Gasteiger partial charge in [-0.1, -0.05) is 13.2 Å². The Hall–Kier alpha value is -1.64. The van der Waals surface area contributed by atoms with Crippen LogP contribution in [0.15, 0.2) is 31.8 Å². The number of rotatable bonds is 3. The monoisotopic (exact) mass is 147 g/mol. The van der Waals surface area contributed by atoms with Crippen LogP contribution in [0.5, 0.6) is 0 Å². The molecule has 1 aromatic heterocycles. The molecule has 0 unspecified atom stereocenters. The summed E-state index contributed by atoms with van der Waals surface area (Å²) in [7, 11) is 0. The summed E-state index contributed by atoms with van der Waals surface area (Å²) in [4.78, 5) is 8.05. The van der Waals surface area contributed by atoms with Crippen molar-refractivity contribution in [3.63, 3.8) is 0 Å². The van der Waals surface area contributed by atoms with Crippen molar-refractivity contribution >= 4 is 11.9 Å². The van der Waals surface area contributed by atoms with E-state index in [1.165, 1.54) is 0 Å². The molecule has 1 rings (SSSR count). The molecule has 56 valence electrons. The van der Waals surface area contributed by atoms with E-state index in [0.717, 1.165) is 5.69 Å². The van der Waals surface area contributed by atoms with E-state index >= 15 is 0 Å². The third-order valence-electron chi connectivity index (χ3n) is 1.16. The summed E-state index contributed by atoms with van der Waals surface area (Å²) in [6, 6.07) is 0. The van der Waals surface area contributed by atoms with Crippen LogP contribution in [0.3, 0.4) is 0 Å². The van der Waals surface area contributed by atoms with Crippen LogP contribution in [0.4, 0.5) is 5.82 Å². The molecule has 0 saturated heterocycles. The van der Waals surface area contributed by atoms with Crippen LogP contribution in [0.1, 0.15) is 5.69 Å². The van der Waals surface area contributed by atoms with E-state index in [1.54, 1.807) is 24.7 Å². The fourth-order valence-electron chi connectivity index (χ4n) is 0.706. The van der Waals surface area contributed by atoms with E-state index in [2.05, 4.69) is 28.4 Å². The lowest BCUT2D eigenvalue weighted by atomic mass is 10.4. The number of anilines is 1. The van der Waals surface area contributed by atoms with E-state index in [0.29, 0.717) is 5.82 Å². The molecule has 0 spiro atoms. The van der Waals surface area contributed by atoms with Crippen LogP contribution < -0.4 is 5.32 Å². The van der Waals surface area contributed by atoms with Crippen molar-refractivity contribution in [3.05, 3.63) is 37.4 Å². The van der Waals surface area contributed by atoms with E-state index in [4.69, 9.17) is 0 Å². The maximum absolute atomic E-state index is 4.02. The molecule has 0 aromatic carbocycles. The molecule has 0 bridgehead atoms. The second-order valence-corrected chi connectivity index (χ2v) is 1.84. The van der Waals surface area contributed by atoms with Crippen LogP contribution in [-0.4, -0.2) is 9.97 Å². The van der Waals surface area contributed by atoms with Crippen molar-refractivity contribution < 1.29 is 0 Å². The lowest BCUT2D eigenvalue weighted by Crippen LogP contribution is -1.95. The van der Waals surface area contributed by atoms with Gasteiger partial charge in [0.1, 0.15) is 5.69 Å². The molecule has 3 heteroatoms. The van der Waals surface area contributed by atoms with Crippen molar-refractivity contribution in [3.8, 4) is 0 Å². The van der Waals surface area contributed by atoms with Crippen LogP contribution in [0.25, 0.3) is 6.08 Å². The third-order valence-corrected chi connectivity index (χ3v) is 1.16. The SMILES string of the molecule is C=CNc1nccnc1C=C. The molecule has 3 nitrogen and oxygen atoms in total. The number of nitrogens with one attached hydrogen (secondary N) is 1. The predicted molar refractivity (Wildman–Crippen MR) is 45.9 cm³/mol. The summed E-state index contributed by atoms with van der Waals surface area (Å²) in [5.74, 6) is 0.678. The largest absolute Gasteiger partial charge is 0.345 e. The molecular formula is C8H9N3. The highest BCUT2D eigenvalue weighted by Crippen LogP contribution is 2.07. The van der Waals surface area contributed by atoms with Crippen LogP contribution in [0, 0.1) is 0 Å². The van der Waals surface area contributed by atoms with Crippen LogP contribution in [0.2, 0.25) is 0 Å². The average Bonchev–Trinajstić information content (AvgIpc) is 2.06. The fraction of sp³-hybridized carbons (Fsp3) is 0. The minimum absolute atomic E-state index is 0.678. The van der Waals surface area contributed by atoms with Crippen molar-refractivity contribution in [2.24, 2.45) is 0 Å². The van der Waals surface area contributed by atoms with Gasteiger partial charge in [0, 0.05) is 12.4 Å². The zero-order valence-electron chi connectivity index (χ0n) is 6.12. The van der Waals surface area contributed by atoms with Crippen molar-refractivity contribution in [1.82, 2.24) is 9.97 Å². The summed E-state index contributed by atoms with van der Waals surface area (Å²) in [6.45, 7) is 7.12. The zero-order chi connectivity index (χ0) is 8.10. The van der Waals surface area contributed by atoms with Gasteiger partial charge in [0.15, 0.2) is 5.82 Å². The van der Waals surface area contributed by atoms with Crippen molar-refractivity contribution in [1.29, 1.82) is 0 Å². The highest BCUT2D eigenvalue weighted by atomic mass is 15.0. The standard InChI is InChI=1S/C8H9N3/c1-3-7-8(9-4-2)11-6-5-10-7/h3-6H,1-2H2,(H,9,11). The molecule has 0 radical (unpaired) electrons. The highest BCUT2D eigenvalue weighted by Gasteiger charge is 1.95. The van der Waals surface area contributed by atoms with Gasteiger partial charge >= 0.3 is 0 Å².